The highest BCUT2D eigenvalue weighted by Gasteiger charge is 2.28. The van der Waals surface area contributed by atoms with Crippen LogP contribution in [-0.2, 0) is 0 Å². The van der Waals surface area contributed by atoms with E-state index in [9.17, 15) is 4.79 Å². The van der Waals surface area contributed by atoms with Gasteiger partial charge in [0.2, 0.25) is 0 Å². The number of aromatic amines is 1. The molecule has 0 bridgehead atoms. The van der Waals surface area contributed by atoms with Gasteiger partial charge < -0.3 is 9.64 Å². The van der Waals surface area contributed by atoms with Crippen molar-refractivity contribution < 1.29 is 9.53 Å². The van der Waals surface area contributed by atoms with Gasteiger partial charge >= 0.3 is 0 Å². The van der Waals surface area contributed by atoms with Gasteiger partial charge in [-0.3, -0.25) is 14.9 Å². The lowest BCUT2D eigenvalue weighted by Gasteiger charge is -2.32. The number of likely N-dealkylation sites (tertiary alicyclic amines) is 1. The van der Waals surface area contributed by atoms with Gasteiger partial charge in [0.15, 0.2) is 0 Å². The summed E-state index contributed by atoms with van der Waals surface area (Å²) in [4.78, 5) is 19.7. The summed E-state index contributed by atoms with van der Waals surface area (Å²) in [6.07, 6.45) is 3.63. The first-order valence-corrected chi connectivity index (χ1v) is 9.97. The lowest BCUT2D eigenvalue weighted by molar-refractivity contribution is 0.0705. The van der Waals surface area contributed by atoms with Crippen molar-refractivity contribution in [3.05, 3.63) is 65.2 Å². The van der Waals surface area contributed by atoms with Crippen LogP contribution < -0.4 is 4.74 Å². The summed E-state index contributed by atoms with van der Waals surface area (Å²) < 4.78 is 5.26. The average Bonchev–Trinajstić information content (AvgIpc) is 3.18. The van der Waals surface area contributed by atoms with E-state index in [1.165, 1.54) is 0 Å². The highest BCUT2D eigenvalue weighted by Crippen LogP contribution is 2.31. The van der Waals surface area contributed by atoms with Crippen LogP contribution in [0.4, 0.5) is 0 Å². The first kappa shape index (κ1) is 19.2. The molecule has 3 heterocycles. The lowest BCUT2D eigenvalue weighted by atomic mass is 9.92. The van der Waals surface area contributed by atoms with Gasteiger partial charge in [-0.25, -0.2) is 0 Å². The molecular formula is C23H26N4O2. The monoisotopic (exact) mass is 390 g/mol. The smallest absolute Gasteiger partial charge is 0.257 e. The number of aryl methyl sites for hydroxylation is 2. The van der Waals surface area contributed by atoms with E-state index in [0.717, 1.165) is 53.3 Å². The molecule has 0 saturated carbocycles. The molecule has 1 saturated heterocycles. The molecule has 0 spiro atoms. The Morgan fingerprint density at radius 3 is 2.66 bits per heavy atom. The summed E-state index contributed by atoms with van der Waals surface area (Å²) >= 11 is 0. The maximum Gasteiger partial charge on any atom is 0.257 e. The highest BCUT2D eigenvalue weighted by atomic mass is 16.5. The van der Waals surface area contributed by atoms with Crippen molar-refractivity contribution in [2.45, 2.75) is 32.6 Å². The van der Waals surface area contributed by atoms with Gasteiger partial charge in [-0.1, -0.05) is 12.1 Å². The van der Waals surface area contributed by atoms with Crippen molar-refractivity contribution in [2.75, 3.05) is 20.2 Å². The number of aromatic nitrogens is 3. The van der Waals surface area contributed by atoms with Gasteiger partial charge in [0.05, 0.1) is 18.9 Å². The number of nitrogens with one attached hydrogen (secondary N) is 1. The molecule has 2 aromatic heterocycles. The molecule has 1 atom stereocenters. The Hall–Kier alpha value is -3.15. The number of H-pyrrole nitrogens is 1. The number of benzene rings is 1. The second kappa shape index (κ2) is 8.07. The van der Waals surface area contributed by atoms with E-state index in [-0.39, 0.29) is 11.8 Å². The Labute approximate surface area is 170 Å². The number of nitrogens with zero attached hydrogens (tertiary/aromatic N) is 3. The molecule has 1 N–H and O–H groups in total. The Balaban J connectivity index is 1.58. The van der Waals surface area contributed by atoms with E-state index in [1.54, 1.807) is 13.3 Å². The van der Waals surface area contributed by atoms with Crippen LogP contribution in [-0.4, -0.2) is 46.2 Å². The van der Waals surface area contributed by atoms with Gasteiger partial charge in [0.1, 0.15) is 5.75 Å². The van der Waals surface area contributed by atoms with Crippen molar-refractivity contribution in [1.82, 2.24) is 20.1 Å². The fourth-order valence-corrected chi connectivity index (χ4v) is 3.99. The van der Waals surface area contributed by atoms with E-state index in [1.807, 2.05) is 30.9 Å². The zero-order valence-corrected chi connectivity index (χ0v) is 17.1. The van der Waals surface area contributed by atoms with Crippen LogP contribution in [0.25, 0.3) is 11.1 Å². The minimum Gasteiger partial charge on any atom is -0.497 e. The second-order valence-electron chi connectivity index (χ2n) is 7.65. The van der Waals surface area contributed by atoms with Crippen LogP contribution in [0.1, 0.15) is 46.2 Å². The quantitative estimate of drug-likeness (QED) is 0.727. The Morgan fingerprint density at radius 1 is 1.17 bits per heavy atom. The molecule has 6 heteroatoms. The summed E-state index contributed by atoms with van der Waals surface area (Å²) in [6.45, 7) is 5.36. The fraction of sp³-hybridized carbons (Fsp3) is 0.348. The Kier molecular flexibility index (Phi) is 5.34. The number of ether oxygens (including phenoxy) is 1. The van der Waals surface area contributed by atoms with Gasteiger partial charge in [-0.15, -0.1) is 0 Å². The molecule has 1 aliphatic heterocycles. The third-order valence-electron chi connectivity index (χ3n) is 5.58. The molecule has 0 radical (unpaired) electrons. The maximum absolute atomic E-state index is 12.9. The molecule has 3 aromatic rings. The highest BCUT2D eigenvalue weighted by molar-refractivity contribution is 5.95. The van der Waals surface area contributed by atoms with Crippen molar-refractivity contribution in [3.63, 3.8) is 0 Å². The third-order valence-corrected chi connectivity index (χ3v) is 5.58. The summed E-state index contributed by atoms with van der Waals surface area (Å²) in [5.41, 5.74) is 5.79. The standard InChI is InChI=1S/C23H26N4O2/c1-15-11-19(17-6-8-20(29-3)9-7-17)12-22(25-15)18-5-4-10-27(14-18)23(28)21-13-24-26-16(21)2/h6-9,11-13,18H,4-5,10,14H2,1-3H3,(H,24,26)/t18-/m1/s1. The number of carbonyl (C=O) groups is 1. The molecule has 1 amide bonds. The third kappa shape index (κ3) is 4.01. The Bertz CT molecular complexity index is 1010. The van der Waals surface area contributed by atoms with Gasteiger partial charge in [0.25, 0.3) is 5.91 Å². The molecule has 150 valence electrons. The van der Waals surface area contributed by atoms with Crippen molar-refractivity contribution in [3.8, 4) is 16.9 Å². The van der Waals surface area contributed by atoms with E-state index >= 15 is 0 Å². The molecule has 1 aromatic carbocycles. The van der Waals surface area contributed by atoms with Gasteiger partial charge in [0, 0.05) is 36.1 Å². The number of methoxy groups -OCH3 is 1. The first-order chi connectivity index (χ1) is 14.0. The molecular weight excluding hydrogens is 364 g/mol. The number of hydrogen-bond donors (Lipinski definition) is 1. The Morgan fingerprint density at radius 2 is 1.97 bits per heavy atom. The zero-order chi connectivity index (χ0) is 20.4. The summed E-state index contributed by atoms with van der Waals surface area (Å²) in [5, 5.41) is 6.84. The molecule has 6 nitrogen and oxygen atoms in total. The molecule has 0 unspecified atom stereocenters. The van der Waals surface area contributed by atoms with E-state index in [2.05, 4.69) is 34.5 Å². The molecule has 29 heavy (non-hydrogen) atoms. The predicted octanol–water partition coefficient (Wildman–Crippen LogP) is 4.12. The minimum absolute atomic E-state index is 0.0454. The van der Waals surface area contributed by atoms with Crippen LogP contribution in [0.3, 0.4) is 0 Å². The molecule has 1 fully saturated rings. The normalized spacial score (nSPS) is 16.7. The molecule has 4 rings (SSSR count). The van der Waals surface area contributed by atoms with E-state index in [0.29, 0.717) is 12.1 Å². The van der Waals surface area contributed by atoms with Crippen molar-refractivity contribution >= 4 is 5.91 Å². The number of amides is 1. The van der Waals surface area contributed by atoms with Crippen LogP contribution in [0.15, 0.2) is 42.6 Å². The van der Waals surface area contributed by atoms with Gasteiger partial charge in [-0.2, -0.15) is 5.10 Å². The lowest BCUT2D eigenvalue weighted by Crippen LogP contribution is -2.39. The fourth-order valence-electron chi connectivity index (χ4n) is 3.99. The zero-order valence-electron chi connectivity index (χ0n) is 17.1. The van der Waals surface area contributed by atoms with Crippen LogP contribution in [0, 0.1) is 13.8 Å². The second-order valence-corrected chi connectivity index (χ2v) is 7.65. The number of carbonyl (C=O) groups excluding carboxylic acids is 1. The maximum atomic E-state index is 12.9. The topological polar surface area (TPSA) is 71.1 Å². The number of pyridine rings is 1. The predicted molar refractivity (Wildman–Crippen MR) is 112 cm³/mol. The molecule has 1 aliphatic rings. The number of piperidine rings is 1. The first-order valence-electron chi connectivity index (χ1n) is 9.97. The average molecular weight is 390 g/mol. The minimum atomic E-state index is 0.0454. The van der Waals surface area contributed by atoms with Crippen molar-refractivity contribution in [1.29, 1.82) is 0 Å². The van der Waals surface area contributed by atoms with Gasteiger partial charge in [-0.05, 0) is 62.1 Å². The van der Waals surface area contributed by atoms with Crippen LogP contribution >= 0.6 is 0 Å². The van der Waals surface area contributed by atoms with E-state index < -0.39 is 0 Å². The summed E-state index contributed by atoms with van der Waals surface area (Å²) in [5.74, 6) is 1.12. The van der Waals surface area contributed by atoms with Crippen LogP contribution in [0.2, 0.25) is 0 Å². The number of rotatable bonds is 4. The van der Waals surface area contributed by atoms with E-state index in [4.69, 9.17) is 9.72 Å². The number of hydrogen-bond acceptors (Lipinski definition) is 4. The SMILES string of the molecule is COc1ccc(-c2cc(C)nc([C@@H]3CCCN(C(=O)c4cn[nH]c4C)C3)c2)cc1. The summed E-state index contributed by atoms with van der Waals surface area (Å²) in [6, 6.07) is 12.3. The largest absolute Gasteiger partial charge is 0.497 e. The summed E-state index contributed by atoms with van der Waals surface area (Å²) in [7, 11) is 1.67. The van der Waals surface area contributed by atoms with Crippen molar-refractivity contribution in [2.24, 2.45) is 0 Å². The van der Waals surface area contributed by atoms with Crippen LogP contribution in [0.5, 0.6) is 5.75 Å². The molecule has 0 aliphatic carbocycles.